The Bertz CT molecular complexity index is 806. The number of benzene rings is 1. The van der Waals surface area contributed by atoms with Crippen LogP contribution < -0.4 is 20.1 Å². The number of hydrogen-bond donors (Lipinski definition) is 2. The van der Waals surface area contributed by atoms with E-state index in [2.05, 4.69) is 10.6 Å². The monoisotopic (exact) mass is 376 g/mol. The summed E-state index contributed by atoms with van der Waals surface area (Å²) in [4.78, 5) is 35.5. The average Bonchev–Trinajstić information content (AvgIpc) is 3.33. The molecule has 3 rings (SSSR count). The van der Waals surface area contributed by atoms with Crippen molar-refractivity contribution in [2.45, 2.75) is 6.54 Å². The Labute approximate surface area is 153 Å². The van der Waals surface area contributed by atoms with Crippen molar-refractivity contribution < 1.29 is 28.6 Å². The number of carbonyl (C=O) groups excluding carboxylic acids is 3. The molecule has 1 aliphatic rings. The van der Waals surface area contributed by atoms with Gasteiger partial charge in [-0.25, -0.2) is 0 Å². The molecule has 26 heavy (non-hydrogen) atoms. The van der Waals surface area contributed by atoms with Crippen molar-refractivity contribution >= 4 is 29.1 Å². The molecule has 0 saturated heterocycles. The van der Waals surface area contributed by atoms with Gasteiger partial charge in [-0.15, -0.1) is 11.3 Å². The largest absolute Gasteiger partial charge is 0.454 e. The molecule has 1 aliphatic heterocycles. The van der Waals surface area contributed by atoms with E-state index in [1.807, 2.05) is 0 Å². The minimum absolute atomic E-state index is 0.185. The fourth-order valence-corrected chi connectivity index (χ4v) is 2.79. The van der Waals surface area contributed by atoms with Gasteiger partial charge in [0.1, 0.15) is 6.54 Å². The number of nitrogens with one attached hydrogen (secondary N) is 2. The fraction of sp³-hybridized carbons (Fsp3) is 0.235. The van der Waals surface area contributed by atoms with Crippen molar-refractivity contribution in [3.63, 3.8) is 0 Å². The molecule has 8 nitrogen and oxygen atoms in total. The molecule has 0 radical (unpaired) electrons. The van der Waals surface area contributed by atoms with Crippen LogP contribution in [0.3, 0.4) is 0 Å². The number of hydrogen-bond acceptors (Lipinski definition) is 7. The summed E-state index contributed by atoms with van der Waals surface area (Å²) in [6, 6.07) is 8.73. The zero-order valence-corrected chi connectivity index (χ0v) is 14.5. The van der Waals surface area contributed by atoms with Gasteiger partial charge in [0, 0.05) is 6.54 Å². The van der Waals surface area contributed by atoms with Gasteiger partial charge < -0.3 is 24.8 Å². The third kappa shape index (κ3) is 4.73. The predicted molar refractivity (Wildman–Crippen MR) is 92.0 cm³/mol. The Balaban J connectivity index is 1.34. The molecule has 2 heterocycles. The van der Waals surface area contributed by atoms with E-state index in [0.717, 1.165) is 5.56 Å². The lowest BCUT2D eigenvalue weighted by Crippen LogP contribution is -2.33. The standard InChI is InChI=1S/C17H16N2O6S/c20-15(18-7-11-3-4-12-13(6-11)25-10-24-12)9-23-16(21)8-19-17(22)14-2-1-5-26-14/h1-6H,7-10H2,(H,18,20)(H,19,22). The Kier molecular flexibility index (Phi) is 5.69. The third-order valence-corrected chi connectivity index (χ3v) is 4.30. The molecule has 0 bridgehead atoms. The van der Waals surface area contributed by atoms with Crippen LogP contribution in [-0.2, 0) is 20.9 Å². The fourth-order valence-electron chi connectivity index (χ4n) is 2.15. The first-order chi connectivity index (χ1) is 12.6. The van der Waals surface area contributed by atoms with Gasteiger partial charge >= 0.3 is 5.97 Å². The third-order valence-electron chi connectivity index (χ3n) is 3.43. The second kappa shape index (κ2) is 8.34. The van der Waals surface area contributed by atoms with Gasteiger partial charge in [0.15, 0.2) is 18.1 Å². The maximum atomic E-state index is 11.7. The van der Waals surface area contributed by atoms with Gasteiger partial charge in [-0.05, 0) is 29.1 Å². The van der Waals surface area contributed by atoms with E-state index >= 15 is 0 Å². The normalized spacial score (nSPS) is 11.7. The van der Waals surface area contributed by atoms with Crippen LogP contribution in [0, 0.1) is 0 Å². The summed E-state index contributed by atoms with van der Waals surface area (Å²) < 4.78 is 15.3. The maximum Gasteiger partial charge on any atom is 0.325 e. The highest BCUT2D eigenvalue weighted by atomic mass is 32.1. The van der Waals surface area contributed by atoms with Crippen LogP contribution >= 0.6 is 11.3 Å². The molecular formula is C17H16N2O6S. The molecule has 0 atom stereocenters. The van der Waals surface area contributed by atoms with Crippen molar-refractivity contribution in [3.05, 3.63) is 46.2 Å². The zero-order valence-electron chi connectivity index (χ0n) is 13.7. The molecular weight excluding hydrogens is 360 g/mol. The first-order valence-corrected chi connectivity index (χ1v) is 8.62. The highest BCUT2D eigenvalue weighted by Crippen LogP contribution is 2.32. The molecule has 0 saturated carbocycles. The van der Waals surface area contributed by atoms with Crippen LogP contribution in [0.5, 0.6) is 11.5 Å². The number of amides is 2. The van der Waals surface area contributed by atoms with Crippen LogP contribution in [0.25, 0.3) is 0 Å². The molecule has 2 amide bonds. The van der Waals surface area contributed by atoms with Gasteiger partial charge in [-0.3, -0.25) is 14.4 Å². The highest BCUT2D eigenvalue weighted by molar-refractivity contribution is 7.12. The smallest absolute Gasteiger partial charge is 0.325 e. The maximum absolute atomic E-state index is 11.7. The summed E-state index contributed by atoms with van der Waals surface area (Å²) in [5, 5.41) is 6.83. The van der Waals surface area contributed by atoms with Gasteiger partial charge in [0.25, 0.3) is 11.8 Å². The number of fused-ring (bicyclic) bond motifs is 1. The Morgan fingerprint density at radius 1 is 1.12 bits per heavy atom. The zero-order chi connectivity index (χ0) is 18.4. The van der Waals surface area contributed by atoms with Crippen LogP contribution in [0.2, 0.25) is 0 Å². The van der Waals surface area contributed by atoms with Gasteiger partial charge in [-0.2, -0.15) is 0 Å². The highest BCUT2D eigenvalue weighted by Gasteiger charge is 2.14. The minimum atomic E-state index is -0.687. The molecule has 2 N–H and O–H groups in total. The van der Waals surface area contributed by atoms with E-state index in [9.17, 15) is 14.4 Å². The second-order valence-corrected chi connectivity index (χ2v) is 6.23. The summed E-state index contributed by atoms with van der Waals surface area (Å²) in [5.41, 5.74) is 0.831. The van der Waals surface area contributed by atoms with Crippen LogP contribution in [0.4, 0.5) is 0 Å². The molecule has 0 aliphatic carbocycles. The summed E-state index contributed by atoms with van der Waals surface area (Å²) in [6.45, 7) is -0.267. The number of rotatable bonds is 7. The number of thiophene rings is 1. The van der Waals surface area contributed by atoms with Crippen molar-refractivity contribution in [2.75, 3.05) is 19.9 Å². The summed E-state index contributed by atoms with van der Waals surface area (Å²) in [7, 11) is 0. The predicted octanol–water partition coefficient (Wildman–Crippen LogP) is 1.07. The van der Waals surface area contributed by atoms with Crippen molar-refractivity contribution in [1.82, 2.24) is 10.6 Å². The van der Waals surface area contributed by atoms with Crippen molar-refractivity contribution in [2.24, 2.45) is 0 Å². The first kappa shape index (κ1) is 17.7. The van der Waals surface area contributed by atoms with E-state index in [4.69, 9.17) is 14.2 Å². The molecule has 2 aromatic rings. The summed E-state index contributed by atoms with van der Waals surface area (Å²) in [6.07, 6.45) is 0. The average molecular weight is 376 g/mol. The Morgan fingerprint density at radius 3 is 2.77 bits per heavy atom. The number of ether oxygens (including phenoxy) is 3. The number of esters is 1. The van der Waals surface area contributed by atoms with Gasteiger partial charge in [0.05, 0.1) is 4.88 Å². The van der Waals surface area contributed by atoms with E-state index < -0.39 is 18.5 Å². The van der Waals surface area contributed by atoms with Crippen LogP contribution in [-0.4, -0.2) is 37.7 Å². The lowest BCUT2D eigenvalue weighted by molar-refractivity contribution is -0.147. The van der Waals surface area contributed by atoms with Crippen molar-refractivity contribution in [3.8, 4) is 11.5 Å². The summed E-state index contributed by atoms with van der Waals surface area (Å²) in [5.74, 6) is -0.193. The molecule has 0 spiro atoms. The van der Waals surface area contributed by atoms with Crippen molar-refractivity contribution in [1.29, 1.82) is 0 Å². The Morgan fingerprint density at radius 2 is 1.96 bits per heavy atom. The minimum Gasteiger partial charge on any atom is -0.454 e. The topological polar surface area (TPSA) is 103 Å². The Hall–Kier alpha value is -3.07. The van der Waals surface area contributed by atoms with E-state index in [-0.39, 0.29) is 25.8 Å². The van der Waals surface area contributed by atoms with E-state index in [1.165, 1.54) is 11.3 Å². The summed E-state index contributed by atoms with van der Waals surface area (Å²) >= 11 is 1.27. The van der Waals surface area contributed by atoms with Gasteiger partial charge in [-0.1, -0.05) is 12.1 Å². The molecule has 136 valence electrons. The van der Waals surface area contributed by atoms with Gasteiger partial charge in [0.2, 0.25) is 6.79 Å². The second-order valence-electron chi connectivity index (χ2n) is 5.29. The van der Waals surface area contributed by atoms with E-state index in [1.54, 1.807) is 35.7 Å². The first-order valence-electron chi connectivity index (χ1n) is 7.74. The van der Waals surface area contributed by atoms with Crippen LogP contribution in [0.15, 0.2) is 35.7 Å². The van der Waals surface area contributed by atoms with E-state index in [0.29, 0.717) is 16.4 Å². The lowest BCUT2D eigenvalue weighted by atomic mass is 10.2. The molecule has 1 aromatic heterocycles. The quantitative estimate of drug-likeness (QED) is 0.701. The van der Waals surface area contributed by atoms with Crippen LogP contribution in [0.1, 0.15) is 15.2 Å². The molecule has 1 aromatic carbocycles. The number of carbonyl (C=O) groups is 3. The molecule has 0 fully saturated rings. The molecule has 0 unspecified atom stereocenters. The SMILES string of the molecule is O=C(COC(=O)CNC(=O)c1cccs1)NCc1ccc2c(c1)OCO2. The lowest BCUT2D eigenvalue weighted by Gasteiger charge is -2.08. The molecule has 9 heteroatoms.